The summed E-state index contributed by atoms with van der Waals surface area (Å²) in [5, 5.41) is 12.1. The quantitative estimate of drug-likeness (QED) is 0.765. The molecule has 0 atom stereocenters. The van der Waals surface area contributed by atoms with Gasteiger partial charge in [-0.25, -0.2) is 13.8 Å². The van der Waals surface area contributed by atoms with Crippen LogP contribution in [0.5, 0.6) is 0 Å². The van der Waals surface area contributed by atoms with Crippen molar-refractivity contribution in [2.45, 2.75) is 13.5 Å². The first-order valence-electron chi connectivity index (χ1n) is 6.28. The summed E-state index contributed by atoms with van der Waals surface area (Å²) in [4.78, 5) is 3.96. The van der Waals surface area contributed by atoms with Crippen molar-refractivity contribution >= 4 is 32.9 Å². The van der Waals surface area contributed by atoms with Gasteiger partial charge < -0.3 is 10.4 Å². The zero-order valence-corrected chi connectivity index (χ0v) is 12.0. The predicted octanol–water partition coefficient (Wildman–Crippen LogP) is 4.12. The van der Waals surface area contributed by atoms with Crippen molar-refractivity contribution < 1.29 is 13.9 Å². The molecule has 3 aromatic rings. The molecule has 0 aliphatic carbocycles. The Morgan fingerprint density at radius 2 is 2.10 bits per heavy atom. The van der Waals surface area contributed by atoms with Gasteiger partial charge >= 0.3 is 0 Å². The van der Waals surface area contributed by atoms with Crippen LogP contribution in [0.3, 0.4) is 0 Å². The molecule has 0 amide bonds. The Labute approximate surface area is 123 Å². The number of aromatic nitrogens is 1. The van der Waals surface area contributed by atoms with Crippen molar-refractivity contribution in [3.05, 3.63) is 52.5 Å². The molecule has 0 spiro atoms. The molecule has 6 heteroatoms. The number of nitrogens with one attached hydrogen (secondary N) is 1. The number of anilines is 2. The van der Waals surface area contributed by atoms with Crippen LogP contribution in [0.2, 0.25) is 0 Å². The van der Waals surface area contributed by atoms with Gasteiger partial charge in [0.2, 0.25) is 0 Å². The highest BCUT2D eigenvalue weighted by molar-refractivity contribution is 7.16. The molecular formula is C15H12F2N2OS. The van der Waals surface area contributed by atoms with Gasteiger partial charge in [-0.1, -0.05) is 6.07 Å². The van der Waals surface area contributed by atoms with Crippen LogP contribution in [-0.2, 0) is 6.61 Å². The second-order valence-electron chi connectivity index (χ2n) is 4.69. The maximum absolute atomic E-state index is 14.5. The van der Waals surface area contributed by atoms with Gasteiger partial charge in [0.15, 0.2) is 5.82 Å². The first kappa shape index (κ1) is 13.9. The van der Waals surface area contributed by atoms with E-state index in [2.05, 4.69) is 10.3 Å². The van der Waals surface area contributed by atoms with E-state index in [9.17, 15) is 13.9 Å². The van der Waals surface area contributed by atoms with E-state index in [1.54, 1.807) is 19.1 Å². The molecule has 21 heavy (non-hydrogen) atoms. The van der Waals surface area contributed by atoms with E-state index in [4.69, 9.17) is 0 Å². The van der Waals surface area contributed by atoms with Gasteiger partial charge in [-0.05, 0) is 30.7 Å². The minimum Gasteiger partial charge on any atom is -0.392 e. The molecule has 2 aromatic carbocycles. The number of rotatable bonds is 3. The van der Waals surface area contributed by atoms with E-state index in [0.717, 1.165) is 5.56 Å². The van der Waals surface area contributed by atoms with Crippen LogP contribution >= 0.6 is 11.3 Å². The molecule has 0 aliphatic rings. The van der Waals surface area contributed by atoms with Gasteiger partial charge in [0.05, 0.1) is 28.2 Å². The first-order valence-corrected chi connectivity index (χ1v) is 7.16. The third-order valence-electron chi connectivity index (χ3n) is 3.20. The molecule has 0 aliphatic heterocycles. The van der Waals surface area contributed by atoms with Crippen LogP contribution < -0.4 is 5.32 Å². The number of hydrogen-bond acceptors (Lipinski definition) is 4. The number of halogens is 2. The van der Waals surface area contributed by atoms with Crippen molar-refractivity contribution in [1.82, 2.24) is 4.98 Å². The Bertz CT molecular complexity index is 817. The number of nitrogens with zero attached hydrogens (tertiary/aromatic N) is 1. The largest absolute Gasteiger partial charge is 0.392 e. The lowest BCUT2D eigenvalue weighted by molar-refractivity contribution is 0.282. The zero-order valence-electron chi connectivity index (χ0n) is 11.2. The third-order valence-corrected chi connectivity index (χ3v) is 3.98. The maximum Gasteiger partial charge on any atom is 0.174 e. The van der Waals surface area contributed by atoms with Gasteiger partial charge in [0.25, 0.3) is 0 Å². The molecule has 2 N–H and O–H groups in total. The van der Waals surface area contributed by atoms with E-state index >= 15 is 0 Å². The van der Waals surface area contributed by atoms with Crippen LogP contribution in [0, 0.1) is 18.6 Å². The Morgan fingerprint density at radius 3 is 2.81 bits per heavy atom. The molecule has 0 saturated carbocycles. The van der Waals surface area contributed by atoms with Crippen molar-refractivity contribution in [1.29, 1.82) is 0 Å². The fraction of sp³-hybridized carbons (Fsp3) is 0.133. The van der Waals surface area contributed by atoms with Crippen molar-refractivity contribution in [3.63, 3.8) is 0 Å². The zero-order chi connectivity index (χ0) is 15.0. The highest BCUT2D eigenvalue weighted by atomic mass is 32.1. The average molecular weight is 306 g/mol. The van der Waals surface area contributed by atoms with Crippen molar-refractivity contribution in [2.24, 2.45) is 0 Å². The summed E-state index contributed by atoms with van der Waals surface area (Å²) < 4.78 is 29.0. The van der Waals surface area contributed by atoms with Gasteiger partial charge in [-0.3, -0.25) is 0 Å². The second kappa shape index (κ2) is 5.38. The van der Waals surface area contributed by atoms with Gasteiger partial charge in [0, 0.05) is 5.56 Å². The predicted molar refractivity (Wildman–Crippen MR) is 79.9 cm³/mol. The number of thiazole rings is 1. The van der Waals surface area contributed by atoms with E-state index in [-0.39, 0.29) is 23.5 Å². The van der Waals surface area contributed by atoms with E-state index in [0.29, 0.717) is 10.3 Å². The fourth-order valence-corrected chi connectivity index (χ4v) is 2.86. The lowest BCUT2D eigenvalue weighted by Crippen LogP contribution is -2.02. The molecule has 0 saturated heterocycles. The van der Waals surface area contributed by atoms with Crippen LogP contribution in [0.15, 0.2) is 29.8 Å². The standard InChI is InChI=1S/C15H12F2N2OS/c1-8-2-3-11(10(16)4-8)19-14-9(6-20)5-12-15(13(14)17)18-7-21-12/h2-5,7,19-20H,6H2,1H3. The molecular weight excluding hydrogens is 294 g/mol. The minimum atomic E-state index is -0.585. The highest BCUT2D eigenvalue weighted by Gasteiger charge is 2.16. The SMILES string of the molecule is Cc1ccc(Nc2c(CO)cc3scnc3c2F)c(F)c1. The van der Waals surface area contributed by atoms with Crippen LogP contribution in [0.4, 0.5) is 20.2 Å². The van der Waals surface area contributed by atoms with Crippen LogP contribution in [-0.4, -0.2) is 10.1 Å². The summed E-state index contributed by atoms with van der Waals surface area (Å²) in [5.74, 6) is -1.06. The van der Waals surface area contributed by atoms with Crippen molar-refractivity contribution in [2.75, 3.05) is 5.32 Å². The molecule has 1 heterocycles. The number of benzene rings is 2. The lowest BCUT2D eigenvalue weighted by Gasteiger charge is -2.13. The highest BCUT2D eigenvalue weighted by Crippen LogP contribution is 2.33. The second-order valence-corrected chi connectivity index (χ2v) is 5.58. The summed E-state index contributed by atoms with van der Waals surface area (Å²) in [6, 6.07) is 6.28. The molecule has 3 nitrogen and oxygen atoms in total. The monoisotopic (exact) mass is 306 g/mol. The Balaban J connectivity index is 2.12. The lowest BCUT2D eigenvalue weighted by atomic mass is 10.1. The smallest absolute Gasteiger partial charge is 0.174 e. The van der Waals surface area contributed by atoms with Gasteiger partial charge in [0.1, 0.15) is 11.3 Å². The third kappa shape index (κ3) is 2.48. The van der Waals surface area contributed by atoms with Crippen LogP contribution in [0.1, 0.15) is 11.1 Å². The van der Waals surface area contributed by atoms with Crippen molar-refractivity contribution in [3.8, 4) is 0 Å². The van der Waals surface area contributed by atoms with Crippen LogP contribution in [0.25, 0.3) is 10.2 Å². The molecule has 0 unspecified atom stereocenters. The number of hydrogen-bond donors (Lipinski definition) is 2. The maximum atomic E-state index is 14.5. The number of aryl methyl sites for hydroxylation is 1. The Kier molecular flexibility index (Phi) is 3.57. The van der Waals surface area contributed by atoms with Gasteiger partial charge in [-0.2, -0.15) is 0 Å². The first-order chi connectivity index (χ1) is 10.1. The number of aliphatic hydroxyl groups excluding tert-OH is 1. The number of fused-ring (bicyclic) bond motifs is 1. The Morgan fingerprint density at radius 1 is 1.29 bits per heavy atom. The summed E-state index contributed by atoms with van der Waals surface area (Å²) in [7, 11) is 0. The molecule has 0 radical (unpaired) electrons. The van der Waals surface area contributed by atoms with E-state index < -0.39 is 11.6 Å². The molecule has 0 fully saturated rings. The average Bonchev–Trinajstić information content (AvgIpc) is 2.92. The molecule has 3 rings (SSSR count). The summed E-state index contributed by atoms with van der Waals surface area (Å²) in [6.07, 6.45) is 0. The summed E-state index contributed by atoms with van der Waals surface area (Å²) in [5.41, 5.74) is 3.10. The topological polar surface area (TPSA) is 45.1 Å². The fourth-order valence-electron chi connectivity index (χ4n) is 2.13. The summed E-state index contributed by atoms with van der Waals surface area (Å²) in [6.45, 7) is 1.43. The normalized spacial score (nSPS) is 11.0. The summed E-state index contributed by atoms with van der Waals surface area (Å²) >= 11 is 1.29. The molecule has 108 valence electrons. The van der Waals surface area contributed by atoms with E-state index in [1.165, 1.54) is 29.0 Å². The molecule has 1 aromatic heterocycles. The Hall–Kier alpha value is -2.05. The minimum absolute atomic E-state index is 0.0543. The van der Waals surface area contributed by atoms with Gasteiger partial charge in [-0.15, -0.1) is 11.3 Å². The number of aliphatic hydroxyl groups is 1. The van der Waals surface area contributed by atoms with E-state index in [1.807, 2.05) is 0 Å². The molecule has 0 bridgehead atoms.